The molecule has 1 amide bonds. The molecule has 0 bridgehead atoms. The number of hydrogen-bond acceptors (Lipinski definition) is 4. The molecular formula is C18H23N3OS. The van der Waals surface area contributed by atoms with Crippen LogP contribution in [0.3, 0.4) is 0 Å². The average Bonchev–Trinajstić information content (AvgIpc) is 3.11. The number of amides is 1. The first-order chi connectivity index (χ1) is 11.2. The summed E-state index contributed by atoms with van der Waals surface area (Å²) in [6, 6.07) is 8.43. The van der Waals surface area contributed by atoms with E-state index in [2.05, 4.69) is 22.1 Å². The molecular weight excluding hydrogens is 306 g/mol. The van der Waals surface area contributed by atoms with Crippen LogP contribution in [0.1, 0.15) is 36.5 Å². The fourth-order valence-electron chi connectivity index (χ4n) is 3.00. The van der Waals surface area contributed by atoms with Crippen LogP contribution in [-0.2, 0) is 0 Å². The number of nitrogens with one attached hydrogen (secondary N) is 1. The molecule has 5 heteroatoms. The molecule has 3 heterocycles. The van der Waals surface area contributed by atoms with Crippen LogP contribution in [0.5, 0.6) is 0 Å². The van der Waals surface area contributed by atoms with Crippen LogP contribution in [-0.4, -0.2) is 41.5 Å². The Morgan fingerprint density at radius 2 is 2.30 bits per heavy atom. The smallest absolute Gasteiger partial charge is 0.252 e. The molecule has 2 aromatic heterocycles. The van der Waals surface area contributed by atoms with Crippen LogP contribution < -0.4 is 5.32 Å². The van der Waals surface area contributed by atoms with Crippen molar-refractivity contribution in [3.05, 3.63) is 41.4 Å². The number of nitrogens with zero attached hydrogens (tertiary/aromatic N) is 2. The van der Waals surface area contributed by atoms with Gasteiger partial charge < -0.3 is 5.32 Å². The molecule has 3 rings (SSSR count). The number of hydrogen-bond donors (Lipinski definition) is 1. The first-order valence-corrected chi connectivity index (χ1v) is 9.14. The van der Waals surface area contributed by atoms with Gasteiger partial charge in [0, 0.05) is 25.3 Å². The van der Waals surface area contributed by atoms with E-state index in [9.17, 15) is 4.79 Å². The minimum absolute atomic E-state index is 0.0418. The molecule has 0 aromatic carbocycles. The van der Waals surface area contributed by atoms with Gasteiger partial charge in [-0.3, -0.25) is 14.7 Å². The number of aromatic nitrogens is 1. The van der Waals surface area contributed by atoms with E-state index in [1.165, 1.54) is 19.3 Å². The summed E-state index contributed by atoms with van der Waals surface area (Å²) in [6.07, 6.45) is 5.52. The van der Waals surface area contributed by atoms with Crippen molar-refractivity contribution in [2.45, 2.75) is 32.2 Å². The van der Waals surface area contributed by atoms with Crippen molar-refractivity contribution in [3.63, 3.8) is 0 Å². The number of piperidine rings is 1. The fourth-order valence-corrected chi connectivity index (χ4v) is 3.71. The highest BCUT2D eigenvalue weighted by Crippen LogP contribution is 2.22. The number of rotatable bonds is 5. The third kappa shape index (κ3) is 4.18. The Hall–Kier alpha value is -1.72. The summed E-state index contributed by atoms with van der Waals surface area (Å²) in [5.41, 5.74) is 1.54. The second-order valence-electron chi connectivity index (χ2n) is 6.05. The maximum Gasteiger partial charge on any atom is 0.252 e. The fraction of sp³-hybridized carbons (Fsp3) is 0.444. The molecule has 122 valence electrons. The summed E-state index contributed by atoms with van der Waals surface area (Å²) in [6.45, 7) is 5.03. The van der Waals surface area contributed by atoms with Gasteiger partial charge in [0.05, 0.1) is 16.1 Å². The Morgan fingerprint density at radius 1 is 1.39 bits per heavy atom. The lowest BCUT2D eigenvalue weighted by molar-refractivity contribution is 0.0938. The summed E-state index contributed by atoms with van der Waals surface area (Å²) >= 11 is 1.65. The number of carbonyl (C=O) groups excluding carboxylic acids is 1. The van der Waals surface area contributed by atoms with E-state index in [1.54, 1.807) is 17.5 Å². The van der Waals surface area contributed by atoms with Crippen LogP contribution in [0.25, 0.3) is 10.6 Å². The van der Waals surface area contributed by atoms with Crippen LogP contribution in [0.2, 0.25) is 0 Å². The first kappa shape index (κ1) is 16.1. The standard InChI is InChI=1S/C18H23N3OS/c1-14-5-2-3-10-21(14)11-9-19-18(22)15-7-8-16(20-13-15)17-6-4-12-23-17/h4,6-8,12-14H,2-3,5,9-11H2,1H3,(H,19,22)/t14-/m0/s1. The van der Waals surface area contributed by atoms with E-state index in [-0.39, 0.29) is 5.91 Å². The zero-order valence-electron chi connectivity index (χ0n) is 13.5. The molecule has 1 aliphatic rings. The predicted octanol–water partition coefficient (Wildman–Crippen LogP) is 3.41. The van der Waals surface area contributed by atoms with E-state index < -0.39 is 0 Å². The molecule has 23 heavy (non-hydrogen) atoms. The van der Waals surface area contributed by atoms with Gasteiger partial charge in [0.15, 0.2) is 0 Å². The van der Waals surface area contributed by atoms with E-state index >= 15 is 0 Å². The lowest BCUT2D eigenvalue weighted by atomic mass is 10.0. The normalized spacial score (nSPS) is 18.7. The molecule has 0 aliphatic carbocycles. The van der Waals surface area contributed by atoms with Crippen LogP contribution in [0.4, 0.5) is 0 Å². The number of thiophene rings is 1. The molecule has 2 aromatic rings. The topological polar surface area (TPSA) is 45.2 Å². The summed E-state index contributed by atoms with van der Waals surface area (Å²) in [7, 11) is 0. The predicted molar refractivity (Wildman–Crippen MR) is 94.8 cm³/mol. The second kappa shape index (κ2) is 7.70. The molecule has 0 spiro atoms. The maximum absolute atomic E-state index is 12.2. The first-order valence-electron chi connectivity index (χ1n) is 8.26. The Kier molecular flexibility index (Phi) is 5.41. The Labute approximate surface area is 141 Å². The molecule has 1 atom stereocenters. The highest BCUT2D eigenvalue weighted by atomic mass is 32.1. The summed E-state index contributed by atoms with van der Waals surface area (Å²) in [4.78, 5) is 20.2. The van der Waals surface area contributed by atoms with Gasteiger partial charge >= 0.3 is 0 Å². The third-order valence-electron chi connectivity index (χ3n) is 4.42. The van der Waals surface area contributed by atoms with Gasteiger partial charge in [0.25, 0.3) is 5.91 Å². The van der Waals surface area contributed by atoms with Gasteiger partial charge in [-0.25, -0.2) is 0 Å². The summed E-state index contributed by atoms with van der Waals surface area (Å²) < 4.78 is 0. The maximum atomic E-state index is 12.2. The molecule has 4 nitrogen and oxygen atoms in total. The van der Waals surface area contributed by atoms with Gasteiger partial charge in [-0.1, -0.05) is 12.5 Å². The van der Waals surface area contributed by atoms with Gasteiger partial charge in [-0.05, 0) is 49.9 Å². The molecule has 0 saturated carbocycles. The highest BCUT2D eigenvalue weighted by molar-refractivity contribution is 7.13. The molecule has 1 N–H and O–H groups in total. The van der Waals surface area contributed by atoms with E-state index in [0.29, 0.717) is 18.2 Å². The van der Waals surface area contributed by atoms with Crippen LogP contribution in [0.15, 0.2) is 35.8 Å². The van der Waals surface area contributed by atoms with Gasteiger partial charge in [-0.2, -0.15) is 0 Å². The van der Waals surface area contributed by atoms with Gasteiger partial charge in [-0.15, -0.1) is 11.3 Å². The van der Waals surface area contributed by atoms with Crippen molar-refractivity contribution < 1.29 is 4.79 Å². The largest absolute Gasteiger partial charge is 0.351 e. The van der Waals surface area contributed by atoms with E-state index in [0.717, 1.165) is 23.7 Å². The van der Waals surface area contributed by atoms with Crippen LogP contribution in [0, 0.1) is 0 Å². The van der Waals surface area contributed by atoms with E-state index in [1.807, 2.05) is 29.6 Å². The van der Waals surface area contributed by atoms with Crippen molar-refractivity contribution >= 4 is 17.2 Å². The Morgan fingerprint density at radius 3 is 3.00 bits per heavy atom. The minimum atomic E-state index is -0.0418. The van der Waals surface area contributed by atoms with E-state index in [4.69, 9.17) is 0 Å². The Balaban J connectivity index is 1.50. The number of pyridine rings is 1. The monoisotopic (exact) mass is 329 g/mol. The molecule has 1 saturated heterocycles. The van der Waals surface area contributed by atoms with Crippen molar-refractivity contribution in [1.29, 1.82) is 0 Å². The van der Waals surface area contributed by atoms with Crippen LogP contribution >= 0.6 is 11.3 Å². The highest BCUT2D eigenvalue weighted by Gasteiger charge is 2.17. The molecule has 0 unspecified atom stereocenters. The zero-order valence-corrected chi connectivity index (χ0v) is 14.3. The molecule has 1 aliphatic heterocycles. The number of likely N-dealkylation sites (tertiary alicyclic amines) is 1. The SMILES string of the molecule is C[C@H]1CCCCN1CCNC(=O)c1ccc(-c2cccs2)nc1. The number of carbonyl (C=O) groups is 1. The Bertz CT molecular complexity index is 624. The lowest BCUT2D eigenvalue weighted by Crippen LogP contribution is -2.42. The second-order valence-corrected chi connectivity index (χ2v) is 6.99. The van der Waals surface area contributed by atoms with Crippen molar-refractivity contribution in [3.8, 4) is 10.6 Å². The minimum Gasteiger partial charge on any atom is -0.351 e. The average molecular weight is 329 g/mol. The molecule has 1 fully saturated rings. The quantitative estimate of drug-likeness (QED) is 0.914. The van der Waals surface area contributed by atoms with Gasteiger partial charge in [0.1, 0.15) is 0 Å². The summed E-state index contributed by atoms with van der Waals surface area (Å²) in [5, 5.41) is 5.03. The van der Waals surface area contributed by atoms with Crippen molar-refractivity contribution in [2.24, 2.45) is 0 Å². The zero-order chi connectivity index (χ0) is 16.1. The molecule has 0 radical (unpaired) electrons. The third-order valence-corrected chi connectivity index (χ3v) is 5.32. The van der Waals surface area contributed by atoms with Crippen molar-refractivity contribution in [1.82, 2.24) is 15.2 Å². The van der Waals surface area contributed by atoms with Crippen molar-refractivity contribution in [2.75, 3.05) is 19.6 Å². The lowest BCUT2D eigenvalue weighted by Gasteiger charge is -2.33. The van der Waals surface area contributed by atoms with Gasteiger partial charge in [0.2, 0.25) is 0 Å². The summed E-state index contributed by atoms with van der Waals surface area (Å²) in [5.74, 6) is -0.0418.